The molecule has 0 spiro atoms. The fraction of sp³-hybridized carbons (Fsp3) is 0.625. The van der Waals surface area contributed by atoms with Crippen LogP contribution in [-0.4, -0.2) is 27.6 Å². The van der Waals surface area contributed by atoms with Crippen molar-refractivity contribution in [1.29, 1.82) is 0 Å². The molecule has 2 rings (SSSR count). The highest BCUT2D eigenvalue weighted by Crippen LogP contribution is 2.30. The third kappa shape index (κ3) is 3.80. The largest absolute Gasteiger partial charge is 0.495 e. The van der Waals surface area contributed by atoms with Crippen molar-refractivity contribution in [1.82, 2.24) is 4.72 Å². The van der Waals surface area contributed by atoms with E-state index < -0.39 is 15.6 Å². The molecule has 0 bridgehead atoms. The molecule has 1 aliphatic carbocycles. The Hall–Kier alpha value is -1.11. The van der Waals surface area contributed by atoms with Gasteiger partial charge in [-0.1, -0.05) is 25.3 Å². The summed E-state index contributed by atoms with van der Waals surface area (Å²) in [5.74, 6) is 0.396. The molecule has 0 aliphatic heterocycles. The number of sulfonamides is 1. The summed E-state index contributed by atoms with van der Waals surface area (Å²) in [7, 11) is -2.15. The molecule has 0 radical (unpaired) electrons. The van der Waals surface area contributed by atoms with Crippen molar-refractivity contribution in [2.75, 3.05) is 13.7 Å². The first kappa shape index (κ1) is 17.2. The lowest BCUT2D eigenvalue weighted by Gasteiger charge is -2.33. The van der Waals surface area contributed by atoms with Crippen molar-refractivity contribution >= 4 is 10.0 Å². The highest BCUT2D eigenvalue weighted by molar-refractivity contribution is 7.89. The summed E-state index contributed by atoms with van der Waals surface area (Å²) in [5, 5.41) is 0. The van der Waals surface area contributed by atoms with Crippen molar-refractivity contribution < 1.29 is 13.2 Å². The van der Waals surface area contributed by atoms with Crippen LogP contribution in [-0.2, 0) is 10.0 Å². The SMILES string of the molecule is COc1c(C)cc(C)cc1S(=O)(=O)NCC1(N)CCCCC1. The van der Waals surface area contributed by atoms with Crippen LogP contribution in [0.2, 0.25) is 0 Å². The van der Waals surface area contributed by atoms with Gasteiger partial charge in [-0.2, -0.15) is 0 Å². The van der Waals surface area contributed by atoms with Crippen molar-refractivity contribution in [2.45, 2.75) is 56.4 Å². The Morgan fingerprint density at radius 3 is 2.45 bits per heavy atom. The smallest absolute Gasteiger partial charge is 0.244 e. The van der Waals surface area contributed by atoms with E-state index in [0.29, 0.717) is 5.75 Å². The van der Waals surface area contributed by atoms with E-state index in [1.54, 1.807) is 6.07 Å². The van der Waals surface area contributed by atoms with Gasteiger partial charge in [0.2, 0.25) is 10.0 Å². The van der Waals surface area contributed by atoms with E-state index in [0.717, 1.165) is 36.8 Å². The summed E-state index contributed by atoms with van der Waals surface area (Å²) >= 11 is 0. The molecule has 1 saturated carbocycles. The molecule has 0 saturated heterocycles. The standard InChI is InChI=1S/C16H26N2O3S/c1-12-9-13(2)15(21-3)14(10-12)22(19,20)18-11-16(17)7-5-4-6-8-16/h9-10,18H,4-8,11,17H2,1-3H3. The molecular formula is C16H26N2O3S. The zero-order chi connectivity index (χ0) is 16.4. The highest BCUT2D eigenvalue weighted by Gasteiger charge is 2.30. The van der Waals surface area contributed by atoms with Gasteiger partial charge in [0.1, 0.15) is 10.6 Å². The van der Waals surface area contributed by atoms with Gasteiger partial charge >= 0.3 is 0 Å². The molecule has 1 aromatic rings. The van der Waals surface area contributed by atoms with Gasteiger partial charge in [-0.25, -0.2) is 13.1 Å². The molecule has 1 aromatic carbocycles. The molecule has 6 heteroatoms. The van der Waals surface area contributed by atoms with Gasteiger partial charge in [0.15, 0.2) is 0 Å². The van der Waals surface area contributed by atoms with Crippen molar-refractivity contribution in [3.8, 4) is 5.75 Å². The van der Waals surface area contributed by atoms with E-state index in [4.69, 9.17) is 10.5 Å². The normalized spacial score (nSPS) is 18.2. The molecule has 1 aliphatic rings. The molecule has 124 valence electrons. The van der Waals surface area contributed by atoms with E-state index in [1.807, 2.05) is 19.9 Å². The Balaban J connectivity index is 2.23. The van der Waals surface area contributed by atoms with E-state index in [2.05, 4.69) is 4.72 Å². The molecule has 22 heavy (non-hydrogen) atoms. The van der Waals surface area contributed by atoms with Crippen molar-refractivity contribution in [3.63, 3.8) is 0 Å². The first-order valence-corrected chi connectivity index (χ1v) is 9.19. The van der Waals surface area contributed by atoms with Crippen LogP contribution in [0.1, 0.15) is 43.2 Å². The van der Waals surface area contributed by atoms with E-state index in [-0.39, 0.29) is 11.4 Å². The predicted molar refractivity (Wildman–Crippen MR) is 87.7 cm³/mol. The van der Waals surface area contributed by atoms with Crippen LogP contribution in [0.3, 0.4) is 0 Å². The molecule has 0 amide bonds. The number of nitrogens with two attached hydrogens (primary N) is 1. The van der Waals surface area contributed by atoms with Crippen LogP contribution in [0.4, 0.5) is 0 Å². The Bertz CT molecular complexity index is 635. The first-order chi connectivity index (χ1) is 10.3. The first-order valence-electron chi connectivity index (χ1n) is 7.71. The average molecular weight is 326 g/mol. The summed E-state index contributed by atoms with van der Waals surface area (Å²) in [5.41, 5.74) is 7.58. The van der Waals surface area contributed by atoms with Gasteiger partial charge in [-0.3, -0.25) is 0 Å². The van der Waals surface area contributed by atoms with Crippen LogP contribution >= 0.6 is 0 Å². The Morgan fingerprint density at radius 2 is 1.86 bits per heavy atom. The lowest BCUT2D eigenvalue weighted by Crippen LogP contribution is -2.51. The second kappa shape index (κ2) is 6.56. The molecule has 5 nitrogen and oxygen atoms in total. The Labute approximate surface area is 133 Å². The van der Waals surface area contributed by atoms with Crippen LogP contribution in [0.5, 0.6) is 5.75 Å². The fourth-order valence-corrected chi connectivity index (χ4v) is 4.59. The average Bonchev–Trinajstić information content (AvgIpc) is 2.45. The Morgan fingerprint density at radius 1 is 1.23 bits per heavy atom. The fourth-order valence-electron chi connectivity index (χ4n) is 3.13. The third-order valence-electron chi connectivity index (χ3n) is 4.34. The molecule has 0 heterocycles. The van der Waals surface area contributed by atoms with Crippen LogP contribution in [0.25, 0.3) is 0 Å². The Kier molecular flexibility index (Phi) is 5.14. The monoisotopic (exact) mass is 326 g/mol. The summed E-state index contributed by atoms with van der Waals surface area (Å²) in [6.07, 6.45) is 5.02. The second-order valence-corrected chi connectivity index (χ2v) is 8.10. The van der Waals surface area contributed by atoms with Crippen molar-refractivity contribution in [3.05, 3.63) is 23.3 Å². The topological polar surface area (TPSA) is 81.4 Å². The summed E-state index contributed by atoms with van der Waals surface area (Å²) in [6.45, 7) is 3.99. The maximum Gasteiger partial charge on any atom is 0.244 e. The number of hydrogen-bond acceptors (Lipinski definition) is 4. The van der Waals surface area contributed by atoms with Crippen LogP contribution in [0, 0.1) is 13.8 Å². The van der Waals surface area contributed by atoms with Crippen LogP contribution in [0.15, 0.2) is 17.0 Å². The lowest BCUT2D eigenvalue weighted by atomic mass is 9.83. The summed E-state index contributed by atoms with van der Waals surface area (Å²) in [4.78, 5) is 0.187. The minimum atomic E-state index is -3.64. The second-order valence-electron chi connectivity index (χ2n) is 6.36. The van der Waals surface area contributed by atoms with Gasteiger partial charge < -0.3 is 10.5 Å². The lowest BCUT2D eigenvalue weighted by molar-refractivity contribution is 0.296. The van der Waals surface area contributed by atoms with Gasteiger partial charge in [0.25, 0.3) is 0 Å². The summed E-state index contributed by atoms with van der Waals surface area (Å²) < 4.78 is 33.3. The number of nitrogens with one attached hydrogen (secondary N) is 1. The number of benzene rings is 1. The molecule has 0 aromatic heterocycles. The zero-order valence-corrected chi connectivity index (χ0v) is 14.4. The van der Waals surface area contributed by atoms with E-state index in [1.165, 1.54) is 13.5 Å². The zero-order valence-electron chi connectivity index (χ0n) is 13.6. The quantitative estimate of drug-likeness (QED) is 0.869. The van der Waals surface area contributed by atoms with E-state index in [9.17, 15) is 8.42 Å². The third-order valence-corrected chi connectivity index (χ3v) is 5.75. The maximum atomic E-state index is 12.7. The molecule has 3 N–H and O–H groups in total. The predicted octanol–water partition coefficient (Wildman–Crippen LogP) is 2.25. The minimum absolute atomic E-state index is 0.187. The number of methoxy groups -OCH3 is 1. The highest BCUT2D eigenvalue weighted by atomic mass is 32.2. The molecule has 0 atom stereocenters. The summed E-state index contributed by atoms with van der Waals surface area (Å²) in [6, 6.07) is 3.54. The number of hydrogen-bond donors (Lipinski definition) is 2. The van der Waals surface area contributed by atoms with Crippen molar-refractivity contribution in [2.24, 2.45) is 5.73 Å². The maximum absolute atomic E-state index is 12.7. The van der Waals surface area contributed by atoms with Gasteiger partial charge in [0.05, 0.1) is 7.11 Å². The van der Waals surface area contributed by atoms with Gasteiger partial charge in [-0.05, 0) is 43.9 Å². The molecule has 0 unspecified atom stereocenters. The van der Waals surface area contributed by atoms with Gasteiger partial charge in [0, 0.05) is 12.1 Å². The van der Waals surface area contributed by atoms with Crippen LogP contribution < -0.4 is 15.2 Å². The van der Waals surface area contributed by atoms with Gasteiger partial charge in [-0.15, -0.1) is 0 Å². The number of rotatable bonds is 5. The minimum Gasteiger partial charge on any atom is -0.495 e. The number of ether oxygens (including phenoxy) is 1. The number of aryl methyl sites for hydroxylation is 2. The molecule has 1 fully saturated rings. The van der Waals surface area contributed by atoms with E-state index >= 15 is 0 Å². The molecular weight excluding hydrogens is 300 g/mol.